The van der Waals surface area contributed by atoms with Crippen LogP contribution in [0.2, 0.25) is 0 Å². The summed E-state index contributed by atoms with van der Waals surface area (Å²) in [5, 5.41) is 3.91. The second-order valence-electron chi connectivity index (χ2n) is 7.94. The van der Waals surface area contributed by atoms with Crippen molar-refractivity contribution in [2.75, 3.05) is 13.7 Å². The third kappa shape index (κ3) is 5.45. The number of hydrogen-bond acceptors (Lipinski definition) is 5. The van der Waals surface area contributed by atoms with E-state index in [-0.39, 0.29) is 12.1 Å². The lowest BCUT2D eigenvalue weighted by molar-refractivity contribution is 0.0136. The molecule has 1 amide bonds. The van der Waals surface area contributed by atoms with E-state index in [0.717, 1.165) is 35.1 Å². The number of rotatable bonds is 4. The Labute approximate surface area is 165 Å². The number of nitrogens with zero attached hydrogens (tertiary/aromatic N) is 1. The first kappa shape index (κ1) is 20.1. The summed E-state index contributed by atoms with van der Waals surface area (Å²) >= 11 is 0. The highest BCUT2D eigenvalue weighted by Gasteiger charge is 2.24. The number of carbonyl (C=O) groups excluding carboxylic acids is 1. The van der Waals surface area contributed by atoms with Crippen LogP contribution >= 0.6 is 0 Å². The number of pyridine rings is 1. The van der Waals surface area contributed by atoms with E-state index in [2.05, 4.69) is 28.5 Å². The molecule has 1 aromatic carbocycles. The Balaban J connectivity index is 1.58. The van der Waals surface area contributed by atoms with E-state index < -0.39 is 11.7 Å². The molecule has 0 spiro atoms. The van der Waals surface area contributed by atoms with Crippen LogP contribution in [0.1, 0.15) is 39.2 Å². The van der Waals surface area contributed by atoms with Crippen LogP contribution in [0, 0.1) is 0 Å². The molecule has 1 aliphatic heterocycles. The van der Waals surface area contributed by atoms with Crippen molar-refractivity contribution in [3.8, 4) is 5.75 Å². The average Bonchev–Trinajstić information content (AvgIpc) is 2.65. The largest absolute Gasteiger partial charge is 0.495 e. The highest BCUT2D eigenvalue weighted by molar-refractivity contribution is 5.88. The number of hydrogen-bond donors (Lipinski definition) is 1. The maximum absolute atomic E-state index is 11.9. The Kier molecular flexibility index (Phi) is 6.19. The van der Waals surface area contributed by atoms with Crippen molar-refractivity contribution in [1.29, 1.82) is 0 Å². The summed E-state index contributed by atoms with van der Waals surface area (Å²) in [6.07, 6.45) is 7.16. The summed E-state index contributed by atoms with van der Waals surface area (Å²) in [6, 6.07) is 7.99. The molecule has 150 valence electrons. The van der Waals surface area contributed by atoms with E-state index in [1.165, 1.54) is 0 Å². The number of benzene rings is 1. The van der Waals surface area contributed by atoms with Crippen LogP contribution in [0.15, 0.2) is 36.5 Å². The topological polar surface area (TPSA) is 69.7 Å². The average molecular weight is 384 g/mol. The van der Waals surface area contributed by atoms with Crippen LogP contribution in [0.5, 0.6) is 5.75 Å². The van der Waals surface area contributed by atoms with Gasteiger partial charge in [-0.25, -0.2) is 4.79 Å². The van der Waals surface area contributed by atoms with Crippen molar-refractivity contribution in [2.24, 2.45) is 0 Å². The Bertz CT molecular complexity index is 849. The van der Waals surface area contributed by atoms with E-state index in [1.807, 2.05) is 39.0 Å². The SMILES string of the molecule is COc1cnc2cccc(C=C[C@@H]3CC[C@@H](NC(=O)OC(C)(C)C)CO3)c2c1. The van der Waals surface area contributed by atoms with Crippen LogP contribution in [0.25, 0.3) is 17.0 Å². The number of aromatic nitrogens is 1. The van der Waals surface area contributed by atoms with Gasteiger partial charge in [0.05, 0.1) is 37.6 Å². The fraction of sp³-hybridized carbons (Fsp3) is 0.455. The molecule has 0 unspecified atom stereocenters. The summed E-state index contributed by atoms with van der Waals surface area (Å²) in [6.45, 7) is 6.02. The molecule has 1 saturated heterocycles. The van der Waals surface area contributed by atoms with Crippen LogP contribution in [0.3, 0.4) is 0 Å². The van der Waals surface area contributed by atoms with Gasteiger partial charge in [0.2, 0.25) is 0 Å². The number of alkyl carbamates (subject to hydrolysis) is 1. The van der Waals surface area contributed by atoms with Gasteiger partial charge in [0.1, 0.15) is 11.4 Å². The number of methoxy groups -OCH3 is 1. The van der Waals surface area contributed by atoms with E-state index in [9.17, 15) is 4.79 Å². The standard InChI is InChI=1S/C22H28N2O4/c1-22(2,3)28-21(25)24-16-9-11-17(27-14-16)10-8-15-6-5-7-20-19(15)12-18(26-4)13-23-20/h5-8,10,12-13,16-17H,9,11,14H2,1-4H3,(H,24,25)/t16-,17-/m1/s1. The maximum Gasteiger partial charge on any atom is 0.407 e. The monoisotopic (exact) mass is 384 g/mol. The van der Waals surface area contributed by atoms with Crippen LogP contribution in [-0.2, 0) is 9.47 Å². The first-order valence-electron chi connectivity index (χ1n) is 9.56. The lowest BCUT2D eigenvalue weighted by atomic mass is 10.0. The van der Waals surface area contributed by atoms with Crippen molar-refractivity contribution < 1.29 is 19.0 Å². The van der Waals surface area contributed by atoms with Gasteiger partial charge >= 0.3 is 6.09 Å². The van der Waals surface area contributed by atoms with Gasteiger partial charge in [-0.1, -0.05) is 24.3 Å². The highest BCUT2D eigenvalue weighted by atomic mass is 16.6. The maximum atomic E-state index is 11.9. The number of amides is 1. The molecule has 1 aromatic heterocycles. The molecule has 6 nitrogen and oxygen atoms in total. The molecule has 1 N–H and O–H groups in total. The molecule has 2 heterocycles. The molecule has 0 bridgehead atoms. The van der Waals surface area contributed by atoms with Crippen molar-refractivity contribution in [1.82, 2.24) is 10.3 Å². The fourth-order valence-corrected chi connectivity index (χ4v) is 3.13. The summed E-state index contributed by atoms with van der Waals surface area (Å²) in [5.74, 6) is 0.735. The van der Waals surface area contributed by atoms with Gasteiger partial charge in [-0.05, 0) is 51.3 Å². The quantitative estimate of drug-likeness (QED) is 0.850. The van der Waals surface area contributed by atoms with Gasteiger partial charge in [0, 0.05) is 5.39 Å². The molecule has 0 saturated carbocycles. The Morgan fingerprint density at radius 3 is 2.82 bits per heavy atom. The zero-order valence-corrected chi connectivity index (χ0v) is 16.9. The van der Waals surface area contributed by atoms with Gasteiger partial charge in [0.15, 0.2) is 0 Å². The zero-order valence-electron chi connectivity index (χ0n) is 16.9. The van der Waals surface area contributed by atoms with Crippen LogP contribution in [-0.4, -0.2) is 42.5 Å². The van der Waals surface area contributed by atoms with Crippen molar-refractivity contribution in [3.05, 3.63) is 42.1 Å². The van der Waals surface area contributed by atoms with Crippen molar-refractivity contribution in [2.45, 2.75) is 51.4 Å². The minimum Gasteiger partial charge on any atom is -0.495 e. The molecule has 3 rings (SSSR count). The second kappa shape index (κ2) is 8.61. The van der Waals surface area contributed by atoms with Crippen molar-refractivity contribution >= 4 is 23.1 Å². The predicted molar refractivity (Wildman–Crippen MR) is 109 cm³/mol. The first-order valence-corrected chi connectivity index (χ1v) is 9.56. The van der Waals surface area contributed by atoms with Gasteiger partial charge in [-0.3, -0.25) is 4.98 Å². The highest BCUT2D eigenvalue weighted by Crippen LogP contribution is 2.24. The third-order valence-corrected chi connectivity index (χ3v) is 4.49. The van der Waals surface area contributed by atoms with Gasteiger partial charge in [0.25, 0.3) is 0 Å². The number of fused-ring (bicyclic) bond motifs is 1. The molecule has 0 aliphatic carbocycles. The predicted octanol–water partition coefficient (Wildman–Crippen LogP) is 4.33. The lowest BCUT2D eigenvalue weighted by Gasteiger charge is -2.29. The summed E-state index contributed by atoms with van der Waals surface area (Å²) < 4.78 is 16.5. The Morgan fingerprint density at radius 2 is 2.14 bits per heavy atom. The molecule has 2 aromatic rings. The third-order valence-electron chi connectivity index (χ3n) is 4.49. The molecular weight excluding hydrogens is 356 g/mol. The molecule has 1 aliphatic rings. The summed E-state index contributed by atoms with van der Waals surface area (Å²) in [4.78, 5) is 16.3. The van der Waals surface area contributed by atoms with Gasteiger partial charge in [-0.2, -0.15) is 0 Å². The first-order chi connectivity index (χ1) is 13.3. The number of ether oxygens (including phenoxy) is 3. The molecule has 1 fully saturated rings. The second-order valence-corrected chi connectivity index (χ2v) is 7.94. The van der Waals surface area contributed by atoms with Gasteiger partial charge in [-0.15, -0.1) is 0 Å². The van der Waals surface area contributed by atoms with E-state index in [1.54, 1.807) is 13.3 Å². The van der Waals surface area contributed by atoms with Gasteiger partial charge < -0.3 is 19.5 Å². The molecule has 0 radical (unpaired) electrons. The Hall–Kier alpha value is -2.60. The molecular formula is C22H28N2O4. The molecule has 28 heavy (non-hydrogen) atoms. The van der Waals surface area contributed by atoms with E-state index >= 15 is 0 Å². The lowest BCUT2D eigenvalue weighted by Crippen LogP contribution is -2.44. The minimum atomic E-state index is -0.499. The number of nitrogens with one attached hydrogen (secondary N) is 1. The number of carbonyl (C=O) groups is 1. The van der Waals surface area contributed by atoms with E-state index in [0.29, 0.717) is 6.61 Å². The van der Waals surface area contributed by atoms with Crippen molar-refractivity contribution in [3.63, 3.8) is 0 Å². The fourth-order valence-electron chi connectivity index (χ4n) is 3.13. The van der Waals surface area contributed by atoms with Crippen LogP contribution < -0.4 is 10.1 Å². The smallest absolute Gasteiger partial charge is 0.407 e. The summed E-state index contributed by atoms with van der Waals surface area (Å²) in [5.41, 5.74) is 1.50. The minimum absolute atomic E-state index is 0.0190. The molecule has 6 heteroatoms. The van der Waals surface area contributed by atoms with Crippen LogP contribution in [0.4, 0.5) is 4.79 Å². The normalized spacial score (nSPS) is 20.3. The summed E-state index contributed by atoms with van der Waals surface area (Å²) in [7, 11) is 1.64. The Morgan fingerprint density at radius 1 is 1.32 bits per heavy atom. The molecule has 2 atom stereocenters. The van der Waals surface area contributed by atoms with E-state index in [4.69, 9.17) is 14.2 Å². The zero-order chi connectivity index (χ0) is 20.1.